The molecule has 0 aromatic carbocycles. The predicted octanol–water partition coefficient (Wildman–Crippen LogP) is 1.07. The summed E-state index contributed by atoms with van der Waals surface area (Å²) in [6.45, 7) is 3.21. The summed E-state index contributed by atoms with van der Waals surface area (Å²) in [5.74, 6) is -1.23. The Bertz CT molecular complexity index is 361. The van der Waals surface area contributed by atoms with E-state index in [2.05, 4.69) is 5.10 Å². The van der Waals surface area contributed by atoms with Gasteiger partial charge in [0.2, 0.25) is 0 Å². The first-order valence-electron chi connectivity index (χ1n) is 5.10. The lowest BCUT2D eigenvalue weighted by Crippen LogP contribution is -2.20. The summed E-state index contributed by atoms with van der Waals surface area (Å²) >= 11 is 0. The molecule has 0 bridgehead atoms. The topological polar surface area (TPSA) is 64.4 Å². The highest BCUT2D eigenvalue weighted by molar-refractivity contribution is 5.71. The Balaban J connectivity index is 2.26. The minimum atomic E-state index is -0.790. The van der Waals surface area contributed by atoms with E-state index in [4.69, 9.17) is 9.84 Å². The van der Waals surface area contributed by atoms with Crippen molar-refractivity contribution in [3.63, 3.8) is 0 Å². The van der Waals surface area contributed by atoms with Crippen LogP contribution in [-0.2, 0) is 16.1 Å². The van der Waals surface area contributed by atoms with Crippen molar-refractivity contribution in [3.05, 3.63) is 18.0 Å². The van der Waals surface area contributed by atoms with Gasteiger partial charge in [0.25, 0.3) is 0 Å². The van der Waals surface area contributed by atoms with Crippen molar-refractivity contribution in [1.29, 1.82) is 0 Å². The van der Waals surface area contributed by atoms with Crippen LogP contribution in [0.4, 0.5) is 0 Å². The standard InChI is InChI=1S/C10H14N2O3/c1-2-12-8(3-5-11-12)9-7(10(13)14)4-6-15-9/h3,5,7,9H,2,4,6H2,1H3,(H,13,14)/t7-,9-/m0/s1. The lowest BCUT2D eigenvalue weighted by atomic mass is 9.99. The first kappa shape index (κ1) is 10.2. The van der Waals surface area contributed by atoms with Gasteiger partial charge >= 0.3 is 5.97 Å². The zero-order valence-corrected chi connectivity index (χ0v) is 8.59. The number of hydrogen-bond donors (Lipinski definition) is 1. The molecule has 0 aliphatic carbocycles. The minimum absolute atomic E-state index is 0.343. The van der Waals surface area contributed by atoms with Crippen molar-refractivity contribution in [2.24, 2.45) is 5.92 Å². The van der Waals surface area contributed by atoms with Crippen LogP contribution in [-0.4, -0.2) is 27.5 Å². The number of ether oxygens (including phenoxy) is 1. The molecule has 2 rings (SSSR count). The van der Waals surface area contributed by atoms with E-state index in [0.717, 1.165) is 12.2 Å². The molecule has 2 atom stereocenters. The quantitative estimate of drug-likeness (QED) is 0.810. The van der Waals surface area contributed by atoms with Crippen LogP contribution < -0.4 is 0 Å². The van der Waals surface area contributed by atoms with Gasteiger partial charge in [-0.25, -0.2) is 0 Å². The van der Waals surface area contributed by atoms with Gasteiger partial charge in [-0.05, 0) is 19.4 Å². The fourth-order valence-corrected chi connectivity index (χ4v) is 1.98. The molecule has 5 heteroatoms. The van der Waals surface area contributed by atoms with Gasteiger partial charge in [0.05, 0.1) is 11.6 Å². The first-order chi connectivity index (χ1) is 7.24. The highest BCUT2D eigenvalue weighted by Gasteiger charge is 2.36. The number of nitrogens with zero attached hydrogens (tertiary/aromatic N) is 2. The minimum Gasteiger partial charge on any atom is -0.481 e. The van der Waals surface area contributed by atoms with E-state index < -0.39 is 11.9 Å². The van der Waals surface area contributed by atoms with E-state index in [1.807, 2.05) is 13.0 Å². The first-order valence-corrected chi connectivity index (χ1v) is 5.10. The highest BCUT2D eigenvalue weighted by atomic mass is 16.5. The number of hydrogen-bond acceptors (Lipinski definition) is 3. The molecular formula is C10H14N2O3. The summed E-state index contributed by atoms with van der Waals surface area (Å²) in [5.41, 5.74) is 0.863. The summed E-state index contributed by atoms with van der Waals surface area (Å²) in [7, 11) is 0. The number of rotatable bonds is 3. The van der Waals surface area contributed by atoms with Gasteiger partial charge in [-0.2, -0.15) is 5.10 Å². The van der Waals surface area contributed by atoms with Crippen LogP contribution >= 0.6 is 0 Å². The number of carboxylic acid groups (broad SMARTS) is 1. The van der Waals surface area contributed by atoms with E-state index >= 15 is 0 Å². The van der Waals surface area contributed by atoms with E-state index in [0.29, 0.717) is 13.0 Å². The Kier molecular flexibility index (Phi) is 2.73. The van der Waals surface area contributed by atoms with Gasteiger partial charge in [0, 0.05) is 19.3 Å². The van der Waals surface area contributed by atoms with E-state index in [9.17, 15) is 4.79 Å². The molecule has 1 saturated heterocycles. The second kappa shape index (κ2) is 4.02. The van der Waals surface area contributed by atoms with Gasteiger partial charge in [0.15, 0.2) is 0 Å². The molecule has 0 radical (unpaired) electrons. The van der Waals surface area contributed by atoms with Crippen molar-refractivity contribution in [1.82, 2.24) is 9.78 Å². The van der Waals surface area contributed by atoms with Crippen LogP contribution in [0.2, 0.25) is 0 Å². The Hall–Kier alpha value is -1.36. The Morgan fingerprint density at radius 3 is 3.27 bits per heavy atom. The smallest absolute Gasteiger partial charge is 0.309 e. The average Bonchev–Trinajstić information content (AvgIpc) is 2.85. The van der Waals surface area contributed by atoms with Gasteiger partial charge in [0.1, 0.15) is 6.10 Å². The molecule has 15 heavy (non-hydrogen) atoms. The molecule has 0 spiro atoms. The molecule has 2 heterocycles. The maximum Gasteiger partial charge on any atom is 0.309 e. The fourth-order valence-electron chi connectivity index (χ4n) is 1.98. The molecule has 1 aliphatic heterocycles. The number of aromatic nitrogens is 2. The number of aliphatic carboxylic acids is 1. The predicted molar refractivity (Wildman–Crippen MR) is 52.3 cm³/mol. The van der Waals surface area contributed by atoms with Crippen molar-refractivity contribution < 1.29 is 14.6 Å². The van der Waals surface area contributed by atoms with Crippen LogP contribution in [0.5, 0.6) is 0 Å². The highest BCUT2D eigenvalue weighted by Crippen LogP contribution is 2.34. The molecule has 5 nitrogen and oxygen atoms in total. The number of carboxylic acids is 1. The molecule has 0 saturated carbocycles. The Labute approximate surface area is 87.7 Å². The molecule has 0 unspecified atom stereocenters. The van der Waals surface area contributed by atoms with Crippen LogP contribution in [0.25, 0.3) is 0 Å². The van der Waals surface area contributed by atoms with Crippen molar-refractivity contribution >= 4 is 5.97 Å². The van der Waals surface area contributed by atoms with Crippen molar-refractivity contribution in [2.75, 3.05) is 6.61 Å². The Morgan fingerprint density at radius 2 is 2.60 bits per heavy atom. The second-order valence-electron chi connectivity index (χ2n) is 3.60. The third-order valence-electron chi connectivity index (χ3n) is 2.75. The van der Waals surface area contributed by atoms with Gasteiger partial charge in [-0.15, -0.1) is 0 Å². The van der Waals surface area contributed by atoms with E-state index in [1.54, 1.807) is 10.9 Å². The summed E-state index contributed by atoms with van der Waals surface area (Å²) < 4.78 is 7.26. The second-order valence-corrected chi connectivity index (χ2v) is 3.60. The molecule has 0 amide bonds. The van der Waals surface area contributed by atoms with E-state index in [-0.39, 0.29) is 6.10 Å². The van der Waals surface area contributed by atoms with Gasteiger partial charge < -0.3 is 9.84 Å². The molecule has 82 valence electrons. The Morgan fingerprint density at radius 1 is 1.80 bits per heavy atom. The van der Waals surface area contributed by atoms with Gasteiger partial charge in [-0.3, -0.25) is 9.48 Å². The molecule has 1 N–H and O–H groups in total. The van der Waals surface area contributed by atoms with Crippen LogP contribution in [0.1, 0.15) is 25.1 Å². The van der Waals surface area contributed by atoms with Crippen LogP contribution in [0, 0.1) is 5.92 Å². The monoisotopic (exact) mass is 210 g/mol. The maximum atomic E-state index is 11.0. The number of aryl methyl sites for hydroxylation is 1. The van der Waals surface area contributed by atoms with Crippen LogP contribution in [0.3, 0.4) is 0 Å². The molecule has 1 fully saturated rings. The molecule has 1 aliphatic rings. The zero-order valence-electron chi connectivity index (χ0n) is 8.59. The zero-order chi connectivity index (χ0) is 10.8. The SMILES string of the molecule is CCn1nccc1[C@H]1OCC[C@@H]1C(=O)O. The lowest BCUT2D eigenvalue weighted by Gasteiger charge is -2.15. The normalized spacial score (nSPS) is 25.7. The summed E-state index contributed by atoms with van der Waals surface area (Å²) in [4.78, 5) is 11.0. The lowest BCUT2D eigenvalue weighted by molar-refractivity contribution is -0.143. The molecule has 1 aromatic rings. The number of carbonyl (C=O) groups is 1. The third kappa shape index (κ3) is 1.74. The summed E-state index contributed by atoms with van der Waals surface area (Å²) in [5, 5.41) is 13.2. The maximum absolute atomic E-state index is 11.0. The molecule has 1 aromatic heterocycles. The van der Waals surface area contributed by atoms with Crippen LogP contribution in [0.15, 0.2) is 12.3 Å². The van der Waals surface area contributed by atoms with Crippen molar-refractivity contribution in [3.8, 4) is 0 Å². The van der Waals surface area contributed by atoms with E-state index in [1.165, 1.54) is 0 Å². The molecular weight excluding hydrogens is 196 g/mol. The summed E-state index contributed by atoms with van der Waals surface area (Å²) in [6.07, 6.45) is 1.92. The summed E-state index contributed by atoms with van der Waals surface area (Å²) in [6, 6.07) is 1.83. The van der Waals surface area contributed by atoms with Crippen molar-refractivity contribution in [2.45, 2.75) is 26.0 Å². The average molecular weight is 210 g/mol. The van der Waals surface area contributed by atoms with Gasteiger partial charge in [-0.1, -0.05) is 0 Å². The third-order valence-corrected chi connectivity index (χ3v) is 2.75. The largest absolute Gasteiger partial charge is 0.481 e. The fraction of sp³-hybridized carbons (Fsp3) is 0.600.